The van der Waals surface area contributed by atoms with Crippen molar-refractivity contribution in [1.82, 2.24) is 24.6 Å². The summed E-state index contributed by atoms with van der Waals surface area (Å²) in [6.07, 6.45) is 1.45. The molecule has 0 atom stereocenters. The summed E-state index contributed by atoms with van der Waals surface area (Å²) >= 11 is 0. The van der Waals surface area contributed by atoms with E-state index in [4.69, 9.17) is 0 Å². The van der Waals surface area contributed by atoms with Crippen molar-refractivity contribution in [2.24, 2.45) is 0 Å². The third-order valence-electron chi connectivity index (χ3n) is 4.68. The largest absolute Gasteiger partial charge is 0.354 e. The number of aryl methyl sites for hydroxylation is 1. The molecule has 2 aromatic heterocycles. The number of aromatic nitrogens is 4. The molecule has 28 heavy (non-hydrogen) atoms. The summed E-state index contributed by atoms with van der Waals surface area (Å²) in [6.45, 7) is 5.79. The van der Waals surface area contributed by atoms with Crippen molar-refractivity contribution in [3.63, 3.8) is 0 Å². The Morgan fingerprint density at radius 3 is 2.57 bits per heavy atom. The fourth-order valence-corrected chi connectivity index (χ4v) is 3.12. The highest BCUT2D eigenvalue weighted by Crippen LogP contribution is 2.22. The van der Waals surface area contributed by atoms with Gasteiger partial charge >= 0.3 is 0 Å². The molecule has 7 nitrogen and oxygen atoms in total. The minimum Gasteiger partial charge on any atom is -0.354 e. The van der Waals surface area contributed by atoms with Crippen LogP contribution in [0.15, 0.2) is 36.7 Å². The van der Waals surface area contributed by atoms with Gasteiger partial charge in [0.2, 0.25) is 5.95 Å². The topological polar surface area (TPSA) is 62.1 Å². The Bertz CT molecular complexity index is 986. The molecular formula is C19H23F2N7. The van der Waals surface area contributed by atoms with Gasteiger partial charge in [-0.15, -0.1) is 5.10 Å². The van der Waals surface area contributed by atoms with Gasteiger partial charge in [-0.25, -0.2) is 18.4 Å². The van der Waals surface area contributed by atoms with E-state index in [-0.39, 0.29) is 1.43 Å². The highest BCUT2D eigenvalue weighted by atomic mass is 19.2. The molecule has 1 N–H and O–H groups in total. The van der Waals surface area contributed by atoms with Gasteiger partial charge in [0.1, 0.15) is 12.1 Å². The van der Waals surface area contributed by atoms with E-state index in [2.05, 4.69) is 37.2 Å². The van der Waals surface area contributed by atoms with Crippen LogP contribution < -0.4 is 10.2 Å². The second-order valence-corrected chi connectivity index (χ2v) is 6.88. The number of nitrogens with zero attached hydrogens (tertiary/aromatic N) is 6. The lowest BCUT2D eigenvalue weighted by Crippen LogP contribution is -2.44. The Morgan fingerprint density at radius 1 is 1.04 bits per heavy atom. The van der Waals surface area contributed by atoms with Gasteiger partial charge in [0.25, 0.3) is 0 Å². The van der Waals surface area contributed by atoms with E-state index in [1.54, 1.807) is 0 Å². The van der Waals surface area contributed by atoms with E-state index in [0.717, 1.165) is 55.5 Å². The summed E-state index contributed by atoms with van der Waals surface area (Å²) in [5.74, 6) is -0.551. The number of rotatable bonds is 4. The van der Waals surface area contributed by atoms with Gasteiger partial charge in [-0.05, 0) is 32.2 Å². The molecule has 0 bridgehead atoms. The first-order chi connectivity index (χ1) is 13.5. The summed E-state index contributed by atoms with van der Waals surface area (Å²) < 4.78 is 27.9. The third kappa shape index (κ3) is 3.94. The van der Waals surface area contributed by atoms with Gasteiger partial charge in [-0.3, -0.25) is 0 Å². The van der Waals surface area contributed by atoms with Crippen LogP contribution in [0.4, 0.5) is 26.2 Å². The first kappa shape index (κ1) is 18.3. The molecule has 9 heteroatoms. The van der Waals surface area contributed by atoms with Crippen molar-refractivity contribution in [2.75, 3.05) is 43.4 Å². The Kier molecular flexibility index (Phi) is 4.91. The van der Waals surface area contributed by atoms with Gasteiger partial charge in [0.05, 0.1) is 5.69 Å². The average Bonchev–Trinajstić information content (AvgIpc) is 3.12. The fourth-order valence-electron chi connectivity index (χ4n) is 3.12. The van der Waals surface area contributed by atoms with Gasteiger partial charge in [0.15, 0.2) is 11.6 Å². The number of nitrogens with one attached hydrogen (secondary N) is 1. The van der Waals surface area contributed by atoms with Crippen LogP contribution in [0.2, 0.25) is 0 Å². The number of hydrogen-bond acceptors (Lipinski definition) is 6. The van der Waals surface area contributed by atoms with Gasteiger partial charge < -0.3 is 15.1 Å². The molecule has 148 valence electrons. The zero-order valence-corrected chi connectivity index (χ0v) is 15.7. The van der Waals surface area contributed by atoms with Crippen LogP contribution in [-0.4, -0.2) is 57.9 Å². The summed E-state index contributed by atoms with van der Waals surface area (Å²) in [5, 5.41) is 7.45. The standard InChI is InChI=1S/C19H21F2N7.H2/c1-13-9-14(10-18(23-13)27-7-5-26(2)6-8-27)24-19-22-12-28(25-19)15-3-4-16(20)17(21)11-15;/h3-4,9-12H,5-8H2,1-2H3,(H,23,24,25);1H. The van der Waals surface area contributed by atoms with Crippen molar-refractivity contribution in [3.05, 3.63) is 54.0 Å². The Labute approximate surface area is 163 Å². The van der Waals surface area contributed by atoms with Crippen molar-refractivity contribution >= 4 is 17.5 Å². The van der Waals surface area contributed by atoms with E-state index in [1.807, 2.05) is 19.1 Å². The summed E-state index contributed by atoms with van der Waals surface area (Å²) in [6, 6.07) is 7.47. The number of anilines is 3. The highest BCUT2D eigenvalue weighted by Gasteiger charge is 2.16. The van der Waals surface area contributed by atoms with E-state index >= 15 is 0 Å². The van der Waals surface area contributed by atoms with E-state index in [1.165, 1.54) is 17.1 Å². The summed E-state index contributed by atoms with van der Waals surface area (Å²) in [5.41, 5.74) is 2.10. The molecule has 0 aliphatic carbocycles. The molecule has 3 heterocycles. The van der Waals surface area contributed by atoms with Crippen molar-refractivity contribution in [1.29, 1.82) is 0 Å². The minimum atomic E-state index is -0.927. The molecule has 0 unspecified atom stereocenters. The predicted molar refractivity (Wildman–Crippen MR) is 105 cm³/mol. The predicted octanol–water partition coefficient (Wildman–Crippen LogP) is 2.99. The number of likely N-dealkylation sites (N-methyl/N-ethyl adjacent to an activating group) is 1. The zero-order chi connectivity index (χ0) is 19.7. The zero-order valence-electron chi connectivity index (χ0n) is 15.7. The Hall–Kier alpha value is -3.07. The number of halogens is 2. The second-order valence-electron chi connectivity index (χ2n) is 6.88. The van der Waals surface area contributed by atoms with Crippen LogP contribution in [0.3, 0.4) is 0 Å². The third-order valence-corrected chi connectivity index (χ3v) is 4.68. The lowest BCUT2D eigenvalue weighted by molar-refractivity contribution is 0.312. The summed E-state index contributed by atoms with van der Waals surface area (Å²) in [7, 11) is 2.11. The number of hydrogen-bond donors (Lipinski definition) is 1. The van der Waals surface area contributed by atoms with Crippen LogP contribution in [0.1, 0.15) is 7.12 Å². The maximum atomic E-state index is 13.4. The first-order valence-corrected chi connectivity index (χ1v) is 9.04. The molecule has 1 aliphatic heterocycles. The lowest BCUT2D eigenvalue weighted by atomic mass is 10.2. The van der Waals surface area contributed by atoms with Crippen molar-refractivity contribution in [3.8, 4) is 5.69 Å². The molecule has 1 aromatic carbocycles. The average molecular weight is 387 g/mol. The Balaban J connectivity index is 0.00000240. The number of pyridine rings is 1. The molecule has 0 radical (unpaired) electrons. The van der Waals surface area contributed by atoms with E-state index < -0.39 is 11.6 Å². The SMILES string of the molecule is Cc1cc(Nc2ncn(-c3ccc(F)c(F)c3)n2)cc(N2CCN(C)CC2)n1.[HH]. The highest BCUT2D eigenvalue weighted by molar-refractivity contribution is 5.60. The van der Waals surface area contributed by atoms with E-state index in [0.29, 0.717) is 11.6 Å². The fraction of sp³-hybridized carbons (Fsp3) is 0.316. The van der Waals surface area contributed by atoms with Crippen molar-refractivity contribution < 1.29 is 10.2 Å². The normalized spacial score (nSPS) is 15.1. The van der Waals surface area contributed by atoms with Crippen LogP contribution >= 0.6 is 0 Å². The van der Waals surface area contributed by atoms with Gasteiger partial charge in [-0.1, -0.05) is 0 Å². The summed E-state index contributed by atoms with van der Waals surface area (Å²) in [4.78, 5) is 13.4. The maximum absolute atomic E-state index is 13.4. The van der Waals surface area contributed by atoms with Gasteiger partial charge in [-0.2, -0.15) is 4.98 Å². The molecule has 3 aromatic rings. The molecule has 0 spiro atoms. The number of benzene rings is 1. The molecular weight excluding hydrogens is 364 g/mol. The Morgan fingerprint density at radius 2 is 1.82 bits per heavy atom. The smallest absolute Gasteiger partial charge is 0.246 e. The van der Waals surface area contributed by atoms with E-state index in [9.17, 15) is 8.78 Å². The monoisotopic (exact) mass is 387 g/mol. The molecule has 1 fully saturated rings. The molecule has 1 saturated heterocycles. The quantitative estimate of drug-likeness (QED) is 0.743. The molecule has 0 amide bonds. The van der Waals surface area contributed by atoms with Gasteiger partial charge in [0, 0.05) is 51.1 Å². The molecule has 1 aliphatic rings. The lowest BCUT2D eigenvalue weighted by Gasteiger charge is -2.33. The van der Waals surface area contributed by atoms with Crippen LogP contribution in [0.5, 0.6) is 0 Å². The second kappa shape index (κ2) is 7.51. The maximum Gasteiger partial charge on any atom is 0.246 e. The molecule has 0 saturated carbocycles. The molecule has 4 rings (SSSR count). The van der Waals surface area contributed by atoms with Crippen LogP contribution in [-0.2, 0) is 0 Å². The minimum absolute atomic E-state index is 0. The van der Waals surface area contributed by atoms with Crippen LogP contribution in [0.25, 0.3) is 5.69 Å². The number of piperazine rings is 1. The first-order valence-electron chi connectivity index (χ1n) is 9.04. The van der Waals surface area contributed by atoms with Crippen LogP contribution in [0, 0.1) is 18.6 Å². The van der Waals surface area contributed by atoms with Crippen molar-refractivity contribution in [2.45, 2.75) is 6.92 Å².